The van der Waals surface area contributed by atoms with Crippen molar-refractivity contribution in [3.8, 4) is 17.4 Å². The maximum absolute atomic E-state index is 12.5. The van der Waals surface area contributed by atoms with Crippen molar-refractivity contribution in [2.75, 3.05) is 18.2 Å². The van der Waals surface area contributed by atoms with E-state index < -0.39 is 0 Å². The van der Waals surface area contributed by atoms with E-state index in [0.29, 0.717) is 29.0 Å². The number of benzene rings is 1. The summed E-state index contributed by atoms with van der Waals surface area (Å²) in [5.74, 6) is 2.58. The molecule has 8 nitrogen and oxygen atoms in total. The minimum absolute atomic E-state index is 0.00876. The molecule has 1 aliphatic heterocycles. The van der Waals surface area contributed by atoms with Crippen molar-refractivity contribution in [2.24, 2.45) is 0 Å². The molecule has 0 fully saturated rings. The SMILES string of the molecule is COc1ccc([C@H]2SCC(=O)Nc3c2c(C)nn3-c2ncccn2)cc1OC(C)C. The zero-order chi connectivity index (χ0) is 21.3. The van der Waals surface area contributed by atoms with E-state index in [1.165, 1.54) is 0 Å². The van der Waals surface area contributed by atoms with Gasteiger partial charge in [0.1, 0.15) is 5.82 Å². The number of aromatic nitrogens is 4. The number of hydrogen-bond donors (Lipinski definition) is 1. The first-order valence-corrected chi connectivity index (χ1v) is 10.7. The zero-order valence-corrected chi connectivity index (χ0v) is 18.1. The van der Waals surface area contributed by atoms with E-state index in [-0.39, 0.29) is 17.3 Å². The quantitative estimate of drug-likeness (QED) is 0.668. The van der Waals surface area contributed by atoms with Gasteiger partial charge in [-0.05, 0) is 44.5 Å². The monoisotopic (exact) mass is 425 g/mol. The number of rotatable bonds is 5. The van der Waals surface area contributed by atoms with E-state index >= 15 is 0 Å². The summed E-state index contributed by atoms with van der Waals surface area (Å²) in [5, 5.41) is 7.50. The van der Waals surface area contributed by atoms with Crippen molar-refractivity contribution in [2.45, 2.75) is 32.1 Å². The predicted octanol–water partition coefficient (Wildman–Crippen LogP) is 3.54. The molecule has 3 heterocycles. The van der Waals surface area contributed by atoms with Crippen LogP contribution in [0.25, 0.3) is 5.95 Å². The molecule has 0 spiro atoms. The maximum atomic E-state index is 12.5. The molecule has 156 valence electrons. The third kappa shape index (κ3) is 3.85. The van der Waals surface area contributed by atoms with Gasteiger partial charge in [-0.1, -0.05) is 6.07 Å². The Bertz CT molecular complexity index is 1070. The fourth-order valence-corrected chi connectivity index (χ4v) is 4.57. The molecular weight excluding hydrogens is 402 g/mol. The normalized spacial score (nSPS) is 16.0. The Balaban J connectivity index is 1.84. The second kappa shape index (κ2) is 8.35. The summed E-state index contributed by atoms with van der Waals surface area (Å²) in [6, 6.07) is 7.61. The lowest BCUT2D eigenvalue weighted by molar-refractivity contribution is -0.113. The third-order valence-corrected chi connectivity index (χ3v) is 5.87. The number of aryl methyl sites for hydroxylation is 1. The van der Waals surface area contributed by atoms with Crippen LogP contribution in [0, 0.1) is 6.92 Å². The Morgan fingerprint density at radius 1 is 1.23 bits per heavy atom. The Morgan fingerprint density at radius 3 is 2.70 bits per heavy atom. The molecule has 0 unspecified atom stereocenters. The number of carbonyl (C=O) groups is 1. The molecule has 1 aliphatic rings. The van der Waals surface area contributed by atoms with Crippen LogP contribution in [-0.2, 0) is 4.79 Å². The molecule has 0 saturated heterocycles. The van der Waals surface area contributed by atoms with Gasteiger partial charge in [0.15, 0.2) is 11.5 Å². The van der Waals surface area contributed by atoms with Crippen LogP contribution in [0.4, 0.5) is 5.82 Å². The van der Waals surface area contributed by atoms with Gasteiger partial charge in [-0.25, -0.2) is 9.97 Å². The van der Waals surface area contributed by atoms with E-state index in [1.54, 1.807) is 42.0 Å². The van der Waals surface area contributed by atoms with Crippen LogP contribution in [0.1, 0.15) is 35.9 Å². The fraction of sp³-hybridized carbons (Fsp3) is 0.333. The number of ether oxygens (including phenoxy) is 2. The van der Waals surface area contributed by atoms with Gasteiger partial charge in [0.25, 0.3) is 5.95 Å². The first-order valence-electron chi connectivity index (χ1n) is 9.61. The molecule has 1 amide bonds. The van der Waals surface area contributed by atoms with E-state index in [2.05, 4.69) is 20.4 Å². The van der Waals surface area contributed by atoms with Gasteiger partial charge in [0, 0.05) is 18.0 Å². The minimum atomic E-state index is -0.114. The van der Waals surface area contributed by atoms with Crippen LogP contribution in [0.5, 0.6) is 11.5 Å². The Labute approximate surface area is 179 Å². The summed E-state index contributed by atoms with van der Waals surface area (Å²) in [6.07, 6.45) is 3.31. The molecule has 4 rings (SSSR count). The maximum Gasteiger partial charge on any atom is 0.252 e. The van der Waals surface area contributed by atoms with Crippen molar-refractivity contribution in [3.63, 3.8) is 0 Å². The second-order valence-corrected chi connectivity index (χ2v) is 8.22. The lowest BCUT2D eigenvalue weighted by atomic mass is 10.0. The molecule has 1 aromatic carbocycles. The lowest BCUT2D eigenvalue weighted by Crippen LogP contribution is -2.16. The van der Waals surface area contributed by atoms with Gasteiger partial charge in [-0.15, -0.1) is 11.8 Å². The van der Waals surface area contributed by atoms with Gasteiger partial charge >= 0.3 is 0 Å². The number of nitrogens with zero attached hydrogens (tertiary/aromatic N) is 4. The van der Waals surface area contributed by atoms with E-state index in [1.807, 2.05) is 39.0 Å². The van der Waals surface area contributed by atoms with Gasteiger partial charge in [-0.2, -0.15) is 9.78 Å². The van der Waals surface area contributed by atoms with Gasteiger partial charge in [0.2, 0.25) is 5.91 Å². The zero-order valence-electron chi connectivity index (χ0n) is 17.2. The number of thioether (sulfide) groups is 1. The Kier molecular flexibility index (Phi) is 5.63. The molecule has 9 heteroatoms. The third-order valence-electron chi connectivity index (χ3n) is 4.60. The fourth-order valence-electron chi connectivity index (χ4n) is 3.39. The van der Waals surface area contributed by atoms with E-state index in [9.17, 15) is 4.79 Å². The summed E-state index contributed by atoms with van der Waals surface area (Å²) in [5.41, 5.74) is 2.74. The van der Waals surface area contributed by atoms with Crippen LogP contribution in [0.15, 0.2) is 36.7 Å². The number of amides is 1. The highest BCUT2D eigenvalue weighted by atomic mass is 32.2. The predicted molar refractivity (Wildman–Crippen MR) is 116 cm³/mol. The Morgan fingerprint density at radius 2 is 2.00 bits per heavy atom. The Hall–Kier alpha value is -3.07. The summed E-state index contributed by atoms with van der Waals surface area (Å²) >= 11 is 1.55. The van der Waals surface area contributed by atoms with E-state index in [4.69, 9.17) is 9.47 Å². The summed E-state index contributed by atoms with van der Waals surface area (Å²) < 4.78 is 13.0. The standard InChI is InChI=1S/C21H23N5O3S/c1-12(2)29-16-10-14(6-7-15(16)28-4)19-18-13(3)25-26(21-22-8-5-9-23-21)20(18)24-17(27)11-30-19/h5-10,12,19H,11H2,1-4H3,(H,24,27)/t19-/m1/s1. The van der Waals surface area contributed by atoms with Crippen molar-refractivity contribution >= 4 is 23.5 Å². The number of anilines is 1. The highest BCUT2D eigenvalue weighted by Crippen LogP contribution is 2.45. The summed E-state index contributed by atoms with van der Waals surface area (Å²) in [7, 11) is 1.62. The average Bonchev–Trinajstić information content (AvgIpc) is 2.93. The largest absolute Gasteiger partial charge is 0.493 e. The molecule has 0 aliphatic carbocycles. The summed E-state index contributed by atoms with van der Waals surface area (Å²) in [4.78, 5) is 21.0. The first-order chi connectivity index (χ1) is 14.5. The smallest absolute Gasteiger partial charge is 0.252 e. The molecule has 0 saturated carbocycles. The molecular formula is C21H23N5O3S. The second-order valence-electron chi connectivity index (χ2n) is 7.12. The molecule has 0 bridgehead atoms. The topological polar surface area (TPSA) is 91.2 Å². The van der Waals surface area contributed by atoms with Gasteiger partial charge < -0.3 is 14.8 Å². The number of fused-ring (bicyclic) bond motifs is 1. The first kappa shape index (κ1) is 20.2. The number of hydrogen-bond acceptors (Lipinski definition) is 7. The van der Waals surface area contributed by atoms with Crippen LogP contribution >= 0.6 is 11.8 Å². The van der Waals surface area contributed by atoms with Crippen molar-refractivity contribution < 1.29 is 14.3 Å². The number of nitrogens with one attached hydrogen (secondary N) is 1. The highest BCUT2D eigenvalue weighted by Gasteiger charge is 2.31. The van der Waals surface area contributed by atoms with Crippen LogP contribution in [0.3, 0.4) is 0 Å². The molecule has 1 N–H and O–H groups in total. The van der Waals surface area contributed by atoms with E-state index in [0.717, 1.165) is 16.8 Å². The molecule has 3 aromatic rings. The van der Waals surface area contributed by atoms with Crippen LogP contribution in [-0.4, -0.2) is 44.6 Å². The van der Waals surface area contributed by atoms with Crippen LogP contribution < -0.4 is 14.8 Å². The molecule has 30 heavy (non-hydrogen) atoms. The van der Waals surface area contributed by atoms with Crippen molar-refractivity contribution in [1.29, 1.82) is 0 Å². The van der Waals surface area contributed by atoms with Crippen LogP contribution in [0.2, 0.25) is 0 Å². The molecule has 2 aromatic heterocycles. The number of carbonyl (C=O) groups excluding carboxylic acids is 1. The summed E-state index contributed by atoms with van der Waals surface area (Å²) in [6.45, 7) is 5.88. The molecule has 0 radical (unpaired) electrons. The molecule has 1 atom stereocenters. The number of methoxy groups -OCH3 is 1. The minimum Gasteiger partial charge on any atom is -0.493 e. The van der Waals surface area contributed by atoms with Gasteiger partial charge in [-0.3, -0.25) is 4.79 Å². The van der Waals surface area contributed by atoms with Gasteiger partial charge in [0.05, 0.1) is 29.9 Å². The van der Waals surface area contributed by atoms with Crippen molar-refractivity contribution in [1.82, 2.24) is 19.7 Å². The highest BCUT2D eigenvalue weighted by molar-refractivity contribution is 8.00. The average molecular weight is 426 g/mol. The van der Waals surface area contributed by atoms with Crippen molar-refractivity contribution in [3.05, 3.63) is 53.5 Å². The lowest BCUT2D eigenvalue weighted by Gasteiger charge is -2.19.